The zero-order chi connectivity index (χ0) is 21.9. The molecule has 0 bridgehead atoms. The Morgan fingerprint density at radius 1 is 1.10 bits per heavy atom. The van der Waals surface area contributed by atoms with Gasteiger partial charge in [-0.25, -0.2) is 0 Å². The monoisotopic (exact) mass is 436 g/mol. The topological polar surface area (TPSA) is 73.0 Å². The fourth-order valence-electron chi connectivity index (χ4n) is 4.25. The van der Waals surface area contributed by atoms with Crippen LogP contribution in [0, 0.1) is 11.8 Å². The molecule has 0 aliphatic carbocycles. The molecule has 8 heteroatoms. The molecular formula is C22H36N4O3S. The molecule has 2 fully saturated rings. The normalized spacial score (nSPS) is 22.8. The molecule has 0 spiro atoms. The Morgan fingerprint density at radius 2 is 1.73 bits per heavy atom. The molecule has 0 aromatic heterocycles. The number of anilines is 1. The molecule has 2 heterocycles. The van der Waals surface area contributed by atoms with Crippen LogP contribution in [0.25, 0.3) is 0 Å². The van der Waals surface area contributed by atoms with E-state index in [4.69, 9.17) is 0 Å². The van der Waals surface area contributed by atoms with Gasteiger partial charge in [0.2, 0.25) is 5.91 Å². The predicted octanol–water partition coefficient (Wildman–Crippen LogP) is 2.62. The maximum absolute atomic E-state index is 12.8. The molecule has 2 aliphatic heterocycles. The molecule has 2 atom stereocenters. The lowest BCUT2D eigenvalue weighted by molar-refractivity contribution is -0.126. The van der Waals surface area contributed by atoms with Crippen LogP contribution < -0.4 is 10.2 Å². The molecule has 0 saturated carbocycles. The van der Waals surface area contributed by atoms with Crippen molar-refractivity contribution in [3.63, 3.8) is 0 Å². The molecule has 30 heavy (non-hydrogen) atoms. The van der Waals surface area contributed by atoms with Gasteiger partial charge in [0.05, 0.1) is 12.0 Å². The second kappa shape index (κ2) is 9.66. The van der Waals surface area contributed by atoms with Crippen molar-refractivity contribution in [2.45, 2.75) is 45.6 Å². The van der Waals surface area contributed by atoms with Crippen molar-refractivity contribution in [2.75, 3.05) is 45.2 Å². The van der Waals surface area contributed by atoms with Crippen LogP contribution in [0.4, 0.5) is 5.69 Å². The highest BCUT2D eigenvalue weighted by Crippen LogP contribution is 2.25. The second-order valence-corrected chi connectivity index (χ2v) is 11.1. The molecule has 0 radical (unpaired) electrons. The predicted molar refractivity (Wildman–Crippen MR) is 121 cm³/mol. The summed E-state index contributed by atoms with van der Waals surface area (Å²) in [5.74, 6) is 0.417. The van der Waals surface area contributed by atoms with Gasteiger partial charge in [-0.3, -0.25) is 4.79 Å². The van der Waals surface area contributed by atoms with Gasteiger partial charge in [-0.15, -0.1) is 0 Å². The number of carbonyl (C=O) groups is 1. The van der Waals surface area contributed by atoms with Crippen molar-refractivity contribution in [2.24, 2.45) is 11.8 Å². The molecule has 1 aromatic rings. The maximum Gasteiger partial charge on any atom is 0.281 e. The fourth-order valence-corrected chi connectivity index (χ4v) is 5.44. The highest BCUT2D eigenvalue weighted by Gasteiger charge is 2.33. The van der Waals surface area contributed by atoms with Gasteiger partial charge in [0.15, 0.2) is 0 Å². The summed E-state index contributed by atoms with van der Waals surface area (Å²) in [6, 6.07) is 8.33. The van der Waals surface area contributed by atoms with E-state index in [0.717, 1.165) is 24.6 Å². The summed E-state index contributed by atoms with van der Waals surface area (Å²) < 4.78 is 27.4. The van der Waals surface area contributed by atoms with Crippen molar-refractivity contribution < 1.29 is 13.2 Å². The summed E-state index contributed by atoms with van der Waals surface area (Å²) in [5, 5.41) is 3.08. The third kappa shape index (κ3) is 5.34. The number of amides is 1. The van der Waals surface area contributed by atoms with Crippen molar-refractivity contribution in [1.29, 1.82) is 0 Å². The summed E-state index contributed by atoms with van der Waals surface area (Å²) in [6.45, 7) is 7.20. The average Bonchev–Trinajstić information content (AvgIpc) is 2.74. The number of benzene rings is 1. The number of nitrogens with zero attached hydrogens (tertiary/aromatic N) is 3. The lowest BCUT2D eigenvalue weighted by atomic mass is 9.97. The maximum atomic E-state index is 12.8. The van der Waals surface area contributed by atoms with Crippen LogP contribution in [0.5, 0.6) is 0 Å². The fraction of sp³-hybridized carbons (Fsp3) is 0.682. The van der Waals surface area contributed by atoms with Gasteiger partial charge in [0.25, 0.3) is 10.2 Å². The van der Waals surface area contributed by atoms with Crippen molar-refractivity contribution in [3.8, 4) is 0 Å². The number of hydrogen-bond donors (Lipinski definition) is 1. The van der Waals surface area contributed by atoms with Crippen molar-refractivity contribution in [1.82, 2.24) is 13.9 Å². The van der Waals surface area contributed by atoms with Gasteiger partial charge >= 0.3 is 0 Å². The van der Waals surface area contributed by atoms with Gasteiger partial charge in [-0.2, -0.15) is 17.0 Å². The lowest BCUT2D eigenvalue weighted by Crippen LogP contribution is -2.49. The van der Waals surface area contributed by atoms with Gasteiger partial charge in [-0.05, 0) is 56.2 Å². The largest absolute Gasteiger partial charge is 0.372 e. The Labute approximate surface area is 181 Å². The van der Waals surface area contributed by atoms with Gasteiger partial charge < -0.3 is 10.2 Å². The SMILES string of the molecule is CC1CCN(c2ccc(C(C)NC(=O)C3CCCN(S(=O)(=O)N(C)C)C3)cc2)CC1. The standard InChI is InChI=1S/C22H36N4O3S/c1-17-11-14-25(15-12-17)21-9-7-19(8-10-21)18(2)23-22(27)20-6-5-13-26(16-20)30(28,29)24(3)4/h7-10,17-18,20H,5-6,11-16H2,1-4H3,(H,23,27). The Kier molecular flexibility index (Phi) is 7.42. The molecular weight excluding hydrogens is 400 g/mol. The zero-order valence-corrected chi connectivity index (χ0v) is 19.5. The van der Waals surface area contributed by atoms with Crippen LogP contribution in [0.3, 0.4) is 0 Å². The van der Waals surface area contributed by atoms with Crippen LogP contribution in [0.1, 0.15) is 51.1 Å². The van der Waals surface area contributed by atoms with Crippen molar-refractivity contribution >= 4 is 21.8 Å². The summed E-state index contributed by atoms with van der Waals surface area (Å²) in [6.07, 6.45) is 3.87. The van der Waals surface area contributed by atoms with Crippen LogP contribution in [0.15, 0.2) is 24.3 Å². The first kappa shape index (κ1) is 23.0. The Hall–Kier alpha value is -1.64. The molecule has 168 valence electrons. The molecule has 2 saturated heterocycles. The first-order valence-corrected chi connectivity index (χ1v) is 12.4. The average molecular weight is 437 g/mol. The minimum Gasteiger partial charge on any atom is -0.372 e. The number of piperidine rings is 2. The summed E-state index contributed by atoms with van der Waals surface area (Å²) in [5.41, 5.74) is 2.30. The molecule has 1 aromatic carbocycles. The minimum absolute atomic E-state index is 0.0738. The van der Waals surface area contributed by atoms with E-state index in [1.54, 1.807) is 0 Å². The highest BCUT2D eigenvalue weighted by molar-refractivity contribution is 7.86. The number of rotatable bonds is 6. The third-order valence-electron chi connectivity index (χ3n) is 6.44. The van der Waals surface area contributed by atoms with Crippen LogP contribution >= 0.6 is 0 Å². The molecule has 1 N–H and O–H groups in total. The van der Waals surface area contributed by atoms with E-state index in [2.05, 4.69) is 41.4 Å². The van der Waals surface area contributed by atoms with Crippen LogP contribution in [-0.4, -0.2) is 63.2 Å². The van der Waals surface area contributed by atoms with Crippen molar-refractivity contribution in [3.05, 3.63) is 29.8 Å². The molecule has 2 aliphatic rings. The molecule has 1 amide bonds. The van der Waals surface area contributed by atoms with Gasteiger partial charge in [-0.1, -0.05) is 19.1 Å². The Balaban J connectivity index is 1.57. The van der Waals surface area contributed by atoms with E-state index >= 15 is 0 Å². The van der Waals surface area contributed by atoms with E-state index in [0.29, 0.717) is 19.4 Å². The summed E-state index contributed by atoms with van der Waals surface area (Å²) in [4.78, 5) is 15.2. The third-order valence-corrected chi connectivity index (χ3v) is 8.35. The molecule has 7 nitrogen and oxygen atoms in total. The highest BCUT2D eigenvalue weighted by atomic mass is 32.2. The number of nitrogens with one attached hydrogen (secondary N) is 1. The Morgan fingerprint density at radius 3 is 2.33 bits per heavy atom. The Bertz CT molecular complexity index is 817. The van der Waals surface area contributed by atoms with E-state index in [9.17, 15) is 13.2 Å². The summed E-state index contributed by atoms with van der Waals surface area (Å²) >= 11 is 0. The first-order chi connectivity index (χ1) is 14.2. The first-order valence-electron chi connectivity index (χ1n) is 11.0. The van der Waals surface area contributed by atoms with Gasteiger partial charge in [0, 0.05) is 46.0 Å². The molecule has 3 rings (SSSR count). The van der Waals surface area contributed by atoms with Crippen LogP contribution in [-0.2, 0) is 15.0 Å². The number of hydrogen-bond acceptors (Lipinski definition) is 4. The van der Waals surface area contributed by atoms with E-state index in [-0.39, 0.29) is 24.4 Å². The van der Waals surface area contributed by atoms with E-state index in [1.807, 2.05) is 6.92 Å². The number of carbonyl (C=O) groups excluding carboxylic acids is 1. The second-order valence-electron chi connectivity index (χ2n) is 8.98. The van der Waals surface area contributed by atoms with E-state index < -0.39 is 10.2 Å². The van der Waals surface area contributed by atoms with E-state index in [1.165, 1.54) is 41.2 Å². The smallest absolute Gasteiger partial charge is 0.281 e. The lowest BCUT2D eigenvalue weighted by Gasteiger charge is -2.33. The quantitative estimate of drug-likeness (QED) is 0.744. The van der Waals surface area contributed by atoms with Gasteiger partial charge in [0.1, 0.15) is 0 Å². The van der Waals surface area contributed by atoms with Crippen LogP contribution in [0.2, 0.25) is 0 Å². The summed E-state index contributed by atoms with van der Waals surface area (Å²) in [7, 11) is -0.438. The zero-order valence-electron chi connectivity index (χ0n) is 18.7. The minimum atomic E-state index is -3.48. The molecule has 2 unspecified atom stereocenters.